The van der Waals surface area contributed by atoms with Crippen LogP contribution in [0.15, 0.2) is 23.1 Å². The zero-order valence-corrected chi connectivity index (χ0v) is 19.5. The summed E-state index contributed by atoms with van der Waals surface area (Å²) in [6.07, 6.45) is 0.767. The van der Waals surface area contributed by atoms with Gasteiger partial charge in [-0.25, -0.2) is 8.42 Å². The monoisotopic (exact) mass is 438 g/mol. The van der Waals surface area contributed by atoms with E-state index in [9.17, 15) is 18.0 Å². The molecule has 2 amide bonds. The minimum absolute atomic E-state index is 0.0416. The third-order valence-electron chi connectivity index (χ3n) is 5.52. The summed E-state index contributed by atoms with van der Waals surface area (Å²) >= 11 is 0. The van der Waals surface area contributed by atoms with Crippen molar-refractivity contribution in [3.63, 3.8) is 0 Å². The van der Waals surface area contributed by atoms with Crippen molar-refractivity contribution in [3.05, 3.63) is 29.3 Å². The number of rotatable bonds is 7. The number of aryl methyl sites for hydroxylation is 1. The van der Waals surface area contributed by atoms with Crippen molar-refractivity contribution in [1.82, 2.24) is 19.0 Å². The van der Waals surface area contributed by atoms with E-state index in [0.29, 0.717) is 44.8 Å². The van der Waals surface area contributed by atoms with Crippen LogP contribution in [0.5, 0.6) is 0 Å². The Balaban J connectivity index is 2.20. The minimum Gasteiger partial charge on any atom is -0.348 e. The molecule has 1 fully saturated rings. The highest BCUT2D eigenvalue weighted by Gasteiger charge is 2.26. The highest BCUT2D eigenvalue weighted by atomic mass is 32.2. The zero-order chi connectivity index (χ0) is 22.5. The van der Waals surface area contributed by atoms with Crippen LogP contribution < -0.4 is 0 Å². The molecule has 0 spiro atoms. The largest absolute Gasteiger partial charge is 0.348 e. The molecule has 0 saturated carbocycles. The van der Waals surface area contributed by atoms with Crippen LogP contribution in [-0.4, -0.2) is 99.1 Å². The van der Waals surface area contributed by atoms with E-state index in [1.165, 1.54) is 10.4 Å². The summed E-state index contributed by atoms with van der Waals surface area (Å²) in [5.74, 6) is -0.121. The molecule has 30 heavy (non-hydrogen) atoms. The molecule has 0 aromatic heterocycles. The van der Waals surface area contributed by atoms with Crippen molar-refractivity contribution in [2.75, 3.05) is 59.9 Å². The SMILES string of the molecule is CCN(CC)S(=O)(=O)c1ccc(C)c(C(=O)N2CCCN(CC(=O)N(C)C)CC2)c1. The Morgan fingerprint density at radius 3 is 2.30 bits per heavy atom. The molecular formula is C21H34N4O4S. The zero-order valence-electron chi connectivity index (χ0n) is 18.7. The molecule has 0 radical (unpaired) electrons. The molecule has 0 atom stereocenters. The lowest BCUT2D eigenvalue weighted by molar-refractivity contribution is -0.129. The van der Waals surface area contributed by atoms with Crippen molar-refractivity contribution in [2.45, 2.75) is 32.1 Å². The van der Waals surface area contributed by atoms with E-state index in [4.69, 9.17) is 0 Å². The maximum Gasteiger partial charge on any atom is 0.254 e. The van der Waals surface area contributed by atoms with E-state index >= 15 is 0 Å². The number of carbonyl (C=O) groups excluding carboxylic acids is 2. The first-order valence-electron chi connectivity index (χ1n) is 10.4. The van der Waals surface area contributed by atoms with E-state index in [0.717, 1.165) is 18.5 Å². The Morgan fingerprint density at radius 1 is 1.03 bits per heavy atom. The predicted molar refractivity (Wildman–Crippen MR) is 117 cm³/mol. The molecule has 1 aromatic rings. The molecule has 0 N–H and O–H groups in total. The maximum absolute atomic E-state index is 13.2. The van der Waals surface area contributed by atoms with Crippen LogP contribution >= 0.6 is 0 Å². The Labute approximate surface area is 180 Å². The first-order valence-corrected chi connectivity index (χ1v) is 11.9. The lowest BCUT2D eigenvalue weighted by Crippen LogP contribution is -2.39. The van der Waals surface area contributed by atoms with Crippen LogP contribution in [0.25, 0.3) is 0 Å². The first kappa shape index (κ1) is 24.3. The lowest BCUT2D eigenvalue weighted by Gasteiger charge is -2.24. The normalized spacial score (nSPS) is 15.9. The summed E-state index contributed by atoms with van der Waals surface area (Å²) < 4.78 is 27.1. The summed E-state index contributed by atoms with van der Waals surface area (Å²) in [7, 11) is -0.162. The van der Waals surface area contributed by atoms with E-state index in [-0.39, 0.29) is 16.7 Å². The topological polar surface area (TPSA) is 81.2 Å². The van der Waals surface area contributed by atoms with Gasteiger partial charge in [0, 0.05) is 58.9 Å². The van der Waals surface area contributed by atoms with Crippen molar-refractivity contribution in [2.24, 2.45) is 0 Å². The number of hydrogen-bond donors (Lipinski definition) is 0. The molecule has 0 aliphatic carbocycles. The van der Waals surface area contributed by atoms with Gasteiger partial charge in [0.25, 0.3) is 5.91 Å². The molecule has 1 heterocycles. The van der Waals surface area contributed by atoms with Crippen LogP contribution in [-0.2, 0) is 14.8 Å². The van der Waals surface area contributed by atoms with E-state index in [1.54, 1.807) is 49.9 Å². The lowest BCUT2D eigenvalue weighted by atomic mass is 10.1. The number of nitrogens with zero attached hydrogens (tertiary/aromatic N) is 4. The van der Waals surface area contributed by atoms with Crippen LogP contribution in [0.3, 0.4) is 0 Å². The van der Waals surface area contributed by atoms with Gasteiger partial charge in [-0.15, -0.1) is 0 Å². The smallest absolute Gasteiger partial charge is 0.254 e. The van der Waals surface area contributed by atoms with Crippen molar-refractivity contribution >= 4 is 21.8 Å². The van der Waals surface area contributed by atoms with Gasteiger partial charge in [0.2, 0.25) is 15.9 Å². The van der Waals surface area contributed by atoms with Crippen molar-refractivity contribution in [1.29, 1.82) is 0 Å². The highest BCUT2D eigenvalue weighted by molar-refractivity contribution is 7.89. The molecule has 1 aromatic carbocycles. The van der Waals surface area contributed by atoms with Gasteiger partial charge in [0.05, 0.1) is 11.4 Å². The molecule has 8 nitrogen and oxygen atoms in total. The van der Waals surface area contributed by atoms with Crippen LogP contribution in [0.1, 0.15) is 36.2 Å². The molecule has 0 unspecified atom stereocenters. The first-order chi connectivity index (χ1) is 14.1. The van der Waals surface area contributed by atoms with Crippen LogP contribution in [0, 0.1) is 6.92 Å². The molecule has 1 aliphatic heterocycles. The van der Waals surface area contributed by atoms with Gasteiger partial charge in [-0.05, 0) is 31.0 Å². The molecule has 1 saturated heterocycles. The number of sulfonamides is 1. The van der Waals surface area contributed by atoms with Gasteiger partial charge in [-0.3, -0.25) is 14.5 Å². The molecule has 2 rings (SSSR count). The number of benzene rings is 1. The standard InChI is InChI=1S/C21H34N4O4S/c1-6-25(7-2)30(28,29)18-10-9-17(3)19(15-18)21(27)24-12-8-11-23(13-14-24)16-20(26)22(4)5/h9-10,15H,6-8,11-14,16H2,1-5H3. The third-order valence-corrected chi connectivity index (χ3v) is 7.56. The highest BCUT2D eigenvalue weighted by Crippen LogP contribution is 2.21. The van der Waals surface area contributed by atoms with Crippen LogP contribution in [0.4, 0.5) is 0 Å². The second-order valence-electron chi connectivity index (χ2n) is 7.78. The summed E-state index contributed by atoms with van der Waals surface area (Å²) in [5, 5.41) is 0. The van der Waals surface area contributed by atoms with Gasteiger partial charge < -0.3 is 9.80 Å². The fourth-order valence-corrected chi connectivity index (χ4v) is 5.02. The summed E-state index contributed by atoms with van der Waals surface area (Å²) in [6, 6.07) is 4.77. The summed E-state index contributed by atoms with van der Waals surface area (Å²) in [6.45, 7) is 8.96. The third kappa shape index (κ3) is 5.59. The molecule has 9 heteroatoms. The van der Waals surface area contributed by atoms with E-state index in [2.05, 4.69) is 4.90 Å². The number of hydrogen-bond acceptors (Lipinski definition) is 5. The van der Waals surface area contributed by atoms with Gasteiger partial charge in [-0.1, -0.05) is 19.9 Å². The summed E-state index contributed by atoms with van der Waals surface area (Å²) in [5.41, 5.74) is 1.17. The quantitative estimate of drug-likeness (QED) is 0.640. The van der Waals surface area contributed by atoms with Gasteiger partial charge in [0.1, 0.15) is 0 Å². The number of likely N-dealkylation sites (N-methyl/N-ethyl adjacent to an activating group) is 1. The Bertz CT molecular complexity index is 866. The van der Waals surface area contributed by atoms with Gasteiger partial charge in [0.15, 0.2) is 0 Å². The van der Waals surface area contributed by atoms with Crippen molar-refractivity contribution in [3.8, 4) is 0 Å². The Kier molecular flexibility index (Phi) is 8.40. The van der Waals surface area contributed by atoms with E-state index in [1.807, 2.05) is 6.92 Å². The molecule has 0 bridgehead atoms. The second-order valence-corrected chi connectivity index (χ2v) is 9.71. The molecule has 1 aliphatic rings. The molecule has 168 valence electrons. The van der Waals surface area contributed by atoms with Gasteiger partial charge >= 0.3 is 0 Å². The minimum atomic E-state index is -3.63. The summed E-state index contributed by atoms with van der Waals surface area (Å²) in [4.78, 5) is 30.7. The average Bonchev–Trinajstić information content (AvgIpc) is 2.94. The Hall–Kier alpha value is -1.97. The second kappa shape index (κ2) is 10.4. The Morgan fingerprint density at radius 2 is 1.70 bits per heavy atom. The average molecular weight is 439 g/mol. The van der Waals surface area contributed by atoms with Crippen molar-refractivity contribution < 1.29 is 18.0 Å². The fraction of sp³-hybridized carbons (Fsp3) is 0.619. The molecular weight excluding hydrogens is 404 g/mol. The number of carbonyl (C=O) groups is 2. The fourth-order valence-electron chi connectivity index (χ4n) is 3.54. The number of amides is 2. The maximum atomic E-state index is 13.2. The predicted octanol–water partition coefficient (Wildman–Crippen LogP) is 1.26. The van der Waals surface area contributed by atoms with Crippen LogP contribution in [0.2, 0.25) is 0 Å². The van der Waals surface area contributed by atoms with E-state index < -0.39 is 10.0 Å². The van der Waals surface area contributed by atoms with Gasteiger partial charge in [-0.2, -0.15) is 4.31 Å².